The fourth-order valence-electron chi connectivity index (χ4n) is 5.45. The van der Waals surface area contributed by atoms with E-state index < -0.39 is 0 Å². The number of benzene rings is 2. The van der Waals surface area contributed by atoms with E-state index in [2.05, 4.69) is 70.5 Å². The van der Waals surface area contributed by atoms with Gasteiger partial charge in [0.15, 0.2) is 0 Å². The maximum Gasteiger partial charge on any atom is 0.0744 e. The Kier molecular flexibility index (Phi) is 4.72. The highest BCUT2D eigenvalue weighted by Crippen LogP contribution is 2.39. The van der Waals surface area contributed by atoms with Gasteiger partial charge in [0.05, 0.1) is 22.9 Å². The molecule has 0 amide bonds. The summed E-state index contributed by atoms with van der Waals surface area (Å²) in [4.78, 5) is 11.3. The minimum atomic E-state index is 0.972. The van der Waals surface area contributed by atoms with Crippen LogP contribution in [0.25, 0.3) is 44.0 Å². The Bertz CT molecular complexity index is 1440. The van der Waals surface area contributed by atoms with Crippen molar-refractivity contribution < 1.29 is 0 Å². The van der Waals surface area contributed by atoms with Gasteiger partial charge < -0.3 is 4.98 Å². The summed E-state index contributed by atoms with van der Waals surface area (Å²) in [5.74, 6) is 0. The van der Waals surface area contributed by atoms with Crippen LogP contribution < -0.4 is 0 Å². The number of aromatic nitrogens is 4. The molecule has 3 aromatic heterocycles. The first kappa shape index (κ1) is 19.5. The number of nitrogens with one attached hydrogen (secondary N) is 2. The second-order valence-electron chi connectivity index (χ2n) is 8.95. The fraction of sp³-hybridized carbons (Fsp3) is 0.333. The number of pyridine rings is 1. The van der Waals surface area contributed by atoms with E-state index in [9.17, 15) is 0 Å². The normalized spacial score (nSPS) is 14.1. The lowest BCUT2D eigenvalue weighted by Gasteiger charge is -2.23. The third kappa shape index (κ3) is 3.03. The van der Waals surface area contributed by atoms with Crippen LogP contribution in [0.3, 0.4) is 0 Å². The summed E-state index contributed by atoms with van der Waals surface area (Å²) >= 11 is 0. The number of hydrogen-bond acceptors (Lipinski definition) is 3. The molecule has 0 aliphatic heterocycles. The van der Waals surface area contributed by atoms with Crippen LogP contribution in [0.15, 0.2) is 42.7 Å². The van der Waals surface area contributed by atoms with Gasteiger partial charge in [0.2, 0.25) is 0 Å². The number of H-pyrrole nitrogens is 2. The molecule has 0 saturated carbocycles. The van der Waals surface area contributed by atoms with E-state index in [0.29, 0.717) is 0 Å². The lowest BCUT2D eigenvalue weighted by Crippen LogP contribution is -2.22. The Morgan fingerprint density at radius 3 is 2.59 bits per heavy atom. The Hall–Kier alpha value is -3.18. The first-order valence-corrected chi connectivity index (χ1v) is 11.9. The highest BCUT2D eigenvalue weighted by atomic mass is 15.1. The summed E-state index contributed by atoms with van der Waals surface area (Å²) in [6, 6.07) is 10.9. The van der Waals surface area contributed by atoms with Gasteiger partial charge >= 0.3 is 0 Å². The van der Waals surface area contributed by atoms with Gasteiger partial charge in [-0.2, -0.15) is 5.10 Å². The second-order valence-corrected chi connectivity index (χ2v) is 8.95. The van der Waals surface area contributed by atoms with E-state index in [0.717, 1.165) is 54.6 Å². The minimum absolute atomic E-state index is 0.972. The highest BCUT2D eigenvalue weighted by Gasteiger charge is 2.22. The number of hydrogen-bond donors (Lipinski definition) is 2. The quantitative estimate of drug-likeness (QED) is 0.365. The third-order valence-corrected chi connectivity index (χ3v) is 7.20. The third-order valence-electron chi connectivity index (χ3n) is 7.20. The van der Waals surface area contributed by atoms with Gasteiger partial charge in [-0.25, -0.2) is 4.98 Å². The molecular weight excluding hydrogens is 394 g/mol. The maximum absolute atomic E-state index is 5.28. The molecule has 0 unspecified atom stereocenters. The monoisotopic (exact) mass is 423 g/mol. The Labute approximate surface area is 187 Å². The van der Waals surface area contributed by atoms with E-state index in [4.69, 9.17) is 4.98 Å². The highest BCUT2D eigenvalue weighted by molar-refractivity contribution is 6.10. The van der Waals surface area contributed by atoms with Crippen LogP contribution in [0.4, 0.5) is 0 Å². The molecule has 5 aromatic rings. The molecule has 2 N–H and O–H groups in total. The topological polar surface area (TPSA) is 60.6 Å². The molecule has 0 bridgehead atoms. The van der Waals surface area contributed by atoms with E-state index in [-0.39, 0.29) is 0 Å². The molecule has 1 aliphatic carbocycles. The number of nitrogens with zero attached hydrogens (tertiary/aromatic N) is 3. The van der Waals surface area contributed by atoms with Crippen molar-refractivity contribution in [3.63, 3.8) is 0 Å². The molecule has 32 heavy (non-hydrogen) atoms. The van der Waals surface area contributed by atoms with E-state index in [1.54, 1.807) is 0 Å². The smallest absolute Gasteiger partial charge is 0.0744 e. The Morgan fingerprint density at radius 1 is 0.938 bits per heavy atom. The molecule has 0 saturated heterocycles. The van der Waals surface area contributed by atoms with Crippen LogP contribution in [0.1, 0.15) is 43.4 Å². The molecule has 5 nitrogen and oxygen atoms in total. The predicted molar refractivity (Wildman–Crippen MR) is 132 cm³/mol. The molecule has 0 radical (unpaired) electrons. The van der Waals surface area contributed by atoms with Crippen LogP contribution >= 0.6 is 0 Å². The van der Waals surface area contributed by atoms with Gasteiger partial charge in [0.1, 0.15) is 0 Å². The summed E-state index contributed by atoms with van der Waals surface area (Å²) in [7, 11) is 0. The van der Waals surface area contributed by atoms with Gasteiger partial charge in [-0.05, 0) is 79.7 Å². The van der Waals surface area contributed by atoms with Gasteiger partial charge in [0.25, 0.3) is 0 Å². The predicted octanol–water partition coefficient (Wildman–Crippen LogP) is 5.98. The summed E-state index contributed by atoms with van der Waals surface area (Å²) in [5, 5.41) is 11.1. The van der Waals surface area contributed by atoms with Crippen LogP contribution in [-0.2, 0) is 19.4 Å². The summed E-state index contributed by atoms with van der Waals surface area (Å²) in [5.41, 5.74) is 10.1. The lowest BCUT2D eigenvalue weighted by molar-refractivity contribution is 0.297. The lowest BCUT2D eigenvalue weighted by atomic mass is 9.85. The molecule has 162 valence electrons. The fourth-order valence-corrected chi connectivity index (χ4v) is 5.45. The standard InChI is InChI=1S/C27H29N5/c1-3-32(4-2)16-19-14-28-23-11-12-24-26(25(19)23)20-7-5-6-8-21(20)27(30-24)17-9-10-22-18(13-17)15-29-31-22/h9-15,28H,3-8,16H2,1-2H3,(H,29,31). The molecule has 6 rings (SSSR count). The summed E-state index contributed by atoms with van der Waals surface area (Å²) < 4.78 is 0. The average molecular weight is 424 g/mol. The van der Waals surface area contributed by atoms with E-state index in [1.165, 1.54) is 51.4 Å². The number of aryl methyl sites for hydroxylation is 1. The summed E-state index contributed by atoms with van der Waals surface area (Å²) in [6.07, 6.45) is 8.82. The zero-order chi connectivity index (χ0) is 21.7. The molecule has 2 aromatic carbocycles. The Balaban J connectivity index is 1.61. The average Bonchev–Trinajstić information content (AvgIpc) is 3.48. The van der Waals surface area contributed by atoms with Crippen molar-refractivity contribution in [1.82, 2.24) is 25.1 Å². The van der Waals surface area contributed by atoms with E-state index in [1.807, 2.05) is 6.20 Å². The van der Waals surface area contributed by atoms with Gasteiger partial charge in [-0.3, -0.25) is 10.00 Å². The van der Waals surface area contributed by atoms with Gasteiger partial charge in [-0.1, -0.05) is 19.9 Å². The molecular formula is C27H29N5. The first-order chi connectivity index (χ1) is 15.8. The van der Waals surface area contributed by atoms with Gasteiger partial charge in [0, 0.05) is 40.0 Å². The van der Waals surface area contributed by atoms with Crippen molar-refractivity contribution in [3.8, 4) is 11.3 Å². The number of aromatic amines is 2. The largest absolute Gasteiger partial charge is 0.361 e. The van der Waals surface area contributed by atoms with Crippen molar-refractivity contribution in [2.45, 2.75) is 46.1 Å². The molecule has 3 heterocycles. The van der Waals surface area contributed by atoms with Crippen LogP contribution in [0.5, 0.6) is 0 Å². The first-order valence-electron chi connectivity index (χ1n) is 11.9. The van der Waals surface area contributed by atoms with E-state index >= 15 is 0 Å². The van der Waals surface area contributed by atoms with Crippen molar-refractivity contribution in [1.29, 1.82) is 0 Å². The zero-order valence-electron chi connectivity index (χ0n) is 18.8. The van der Waals surface area contributed by atoms with Crippen LogP contribution in [0, 0.1) is 0 Å². The molecule has 0 fully saturated rings. The van der Waals surface area contributed by atoms with Crippen molar-refractivity contribution in [3.05, 3.63) is 59.4 Å². The van der Waals surface area contributed by atoms with Crippen LogP contribution in [0.2, 0.25) is 0 Å². The molecule has 0 atom stereocenters. The molecule has 5 heteroatoms. The van der Waals surface area contributed by atoms with Crippen molar-refractivity contribution in [2.75, 3.05) is 13.1 Å². The summed E-state index contributed by atoms with van der Waals surface area (Å²) in [6.45, 7) is 7.57. The Morgan fingerprint density at radius 2 is 1.75 bits per heavy atom. The zero-order valence-corrected chi connectivity index (χ0v) is 18.8. The number of fused-ring (bicyclic) bond motifs is 6. The minimum Gasteiger partial charge on any atom is -0.361 e. The van der Waals surface area contributed by atoms with Crippen LogP contribution in [-0.4, -0.2) is 38.2 Å². The van der Waals surface area contributed by atoms with Crippen molar-refractivity contribution >= 4 is 32.7 Å². The number of rotatable bonds is 5. The molecule has 0 spiro atoms. The van der Waals surface area contributed by atoms with Crippen molar-refractivity contribution in [2.24, 2.45) is 0 Å². The maximum atomic E-state index is 5.28. The second kappa shape index (κ2) is 7.75. The van der Waals surface area contributed by atoms with Gasteiger partial charge in [-0.15, -0.1) is 0 Å². The molecule has 1 aliphatic rings. The SMILES string of the molecule is CCN(CC)Cc1c[nH]c2ccc3nc(-c4ccc5[nH]ncc5c4)c4c(c3c12)CCCC4.